The lowest BCUT2D eigenvalue weighted by Crippen LogP contribution is -2.29. The first-order valence-electron chi connectivity index (χ1n) is 11.6. The van der Waals surface area contributed by atoms with Crippen LogP contribution in [-0.2, 0) is 0 Å². The summed E-state index contributed by atoms with van der Waals surface area (Å²) >= 11 is 12.0. The number of rotatable bonds is 6. The fraction of sp³-hybridized carbons (Fsp3) is 0.185. The normalized spacial score (nSPS) is 17.1. The van der Waals surface area contributed by atoms with Gasteiger partial charge in [-0.3, -0.25) is 15.1 Å². The van der Waals surface area contributed by atoms with Gasteiger partial charge in [0.2, 0.25) is 0 Å². The number of hydrogen-bond acceptors (Lipinski definition) is 5. The average Bonchev–Trinajstić information content (AvgIpc) is 3.39. The molecule has 0 amide bonds. The zero-order chi connectivity index (χ0) is 26.3. The van der Waals surface area contributed by atoms with E-state index in [2.05, 4.69) is 21.3 Å². The van der Waals surface area contributed by atoms with Crippen molar-refractivity contribution >= 4 is 40.3 Å². The summed E-state index contributed by atoms with van der Waals surface area (Å²) in [4.78, 5) is 17.8. The molecule has 3 heterocycles. The van der Waals surface area contributed by atoms with Crippen LogP contribution < -0.4 is 15.0 Å². The third kappa shape index (κ3) is 4.41. The van der Waals surface area contributed by atoms with Gasteiger partial charge in [0.05, 0.1) is 35.5 Å². The highest BCUT2D eigenvalue weighted by Crippen LogP contribution is 2.44. The van der Waals surface area contributed by atoms with Crippen molar-refractivity contribution < 1.29 is 9.66 Å². The number of anilines is 1. The first-order valence-corrected chi connectivity index (χ1v) is 12.4. The van der Waals surface area contributed by atoms with Gasteiger partial charge in [-0.15, -0.1) is 0 Å². The molecule has 10 heteroatoms. The number of aromatic nitrogens is 2. The zero-order valence-corrected chi connectivity index (χ0v) is 22.0. The second-order valence-corrected chi connectivity index (χ2v) is 9.57. The molecule has 1 aliphatic heterocycles. The van der Waals surface area contributed by atoms with Crippen molar-refractivity contribution in [1.29, 1.82) is 0 Å². The Balaban J connectivity index is 1.70. The number of methoxy groups -OCH3 is 1. The SMILES string of the molecule is COc1ccc([N+](=O)[O-])cc1-n1c(C)cc(C2C(c3ccccn3)NC(=S)N2c2ccc(Cl)cc2)c1C. The highest BCUT2D eigenvalue weighted by Gasteiger charge is 2.42. The Labute approximate surface area is 224 Å². The van der Waals surface area contributed by atoms with Gasteiger partial charge in [-0.2, -0.15) is 0 Å². The number of non-ortho nitro benzene ring substituents is 1. The van der Waals surface area contributed by atoms with Gasteiger partial charge in [0.25, 0.3) is 5.69 Å². The minimum Gasteiger partial charge on any atom is -0.495 e. The molecule has 1 saturated heterocycles. The van der Waals surface area contributed by atoms with Gasteiger partial charge in [-0.25, -0.2) is 0 Å². The van der Waals surface area contributed by atoms with Crippen molar-refractivity contribution in [2.75, 3.05) is 12.0 Å². The molecule has 8 nitrogen and oxygen atoms in total. The Bertz CT molecular complexity index is 1490. The van der Waals surface area contributed by atoms with Gasteiger partial charge in [-0.05, 0) is 80.2 Å². The summed E-state index contributed by atoms with van der Waals surface area (Å²) in [5.41, 5.74) is 5.14. The van der Waals surface area contributed by atoms with Crippen LogP contribution in [0.25, 0.3) is 5.69 Å². The first-order chi connectivity index (χ1) is 17.8. The van der Waals surface area contributed by atoms with Crippen LogP contribution >= 0.6 is 23.8 Å². The van der Waals surface area contributed by atoms with Crippen molar-refractivity contribution in [2.24, 2.45) is 0 Å². The van der Waals surface area contributed by atoms with E-state index in [1.165, 1.54) is 12.1 Å². The quantitative estimate of drug-likeness (QED) is 0.178. The van der Waals surface area contributed by atoms with Gasteiger partial charge in [-0.1, -0.05) is 17.7 Å². The molecular formula is C27H24ClN5O3S. The van der Waals surface area contributed by atoms with E-state index in [0.717, 1.165) is 28.3 Å². The molecule has 2 aromatic carbocycles. The lowest BCUT2D eigenvalue weighted by molar-refractivity contribution is -0.384. The smallest absolute Gasteiger partial charge is 0.271 e. The van der Waals surface area contributed by atoms with Gasteiger partial charge < -0.3 is 19.5 Å². The maximum atomic E-state index is 11.5. The van der Waals surface area contributed by atoms with E-state index in [1.54, 1.807) is 19.4 Å². The monoisotopic (exact) mass is 533 g/mol. The Morgan fingerprint density at radius 3 is 2.51 bits per heavy atom. The number of nitro groups is 1. The minimum atomic E-state index is -0.406. The van der Waals surface area contributed by atoms with Crippen LogP contribution in [0.3, 0.4) is 0 Å². The van der Waals surface area contributed by atoms with E-state index in [4.69, 9.17) is 28.6 Å². The van der Waals surface area contributed by atoms with E-state index >= 15 is 0 Å². The largest absolute Gasteiger partial charge is 0.495 e. The second-order valence-electron chi connectivity index (χ2n) is 8.75. The molecule has 188 valence electrons. The predicted octanol–water partition coefficient (Wildman–Crippen LogP) is 6.24. The number of pyridine rings is 1. The lowest BCUT2D eigenvalue weighted by Gasteiger charge is -2.28. The van der Waals surface area contributed by atoms with Crippen molar-refractivity contribution in [3.8, 4) is 11.4 Å². The highest BCUT2D eigenvalue weighted by molar-refractivity contribution is 7.80. The van der Waals surface area contributed by atoms with Crippen molar-refractivity contribution in [3.05, 3.63) is 111 Å². The third-order valence-corrected chi connectivity index (χ3v) is 7.17. The maximum Gasteiger partial charge on any atom is 0.271 e. The number of nitrogens with one attached hydrogen (secondary N) is 1. The molecule has 1 fully saturated rings. The van der Waals surface area contributed by atoms with E-state index in [9.17, 15) is 10.1 Å². The second kappa shape index (κ2) is 9.84. The molecule has 0 bridgehead atoms. The van der Waals surface area contributed by atoms with Gasteiger partial charge in [0.1, 0.15) is 5.75 Å². The molecule has 1 N–H and O–H groups in total. The molecule has 5 rings (SSSR count). The molecule has 4 aromatic rings. The summed E-state index contributed by atoms with van der Waals surface area (Å²) in [6.45, 7) is 3.97. The molecule has 2 atom stereocenters. The fourth-order valence-corrected chi connectivity index (χ4v) is 5.45. The molecular weight excluding hydrogens is 510 g/mol. The van der Waals surface area contributed by atoms with E-state index in [0.29, 0.717) is 21.6 Å². The van der Waals surface area contributed by atoms with Crippen molar-refractivity contribution in [2.45, 2.75) is 25.9 Å². The molecule has 0 radical (unpaired) electrons. The maximum absolute atomic E-state index is 11.5. The molecule has 0 spiro atoms. The van der Waals surface area contributed by atoms with Crippen molar-refractivity contribution in [1.82, 2.24) is 14.9 Å². The number of nitrogens with zero attached hydrogens (tertiary/aromatic N) is 4. The summed E-state index contributed by atoms with van der Waals surface area (Å²) < 4.78 is 7.56. The van der Waals surface area contributed by atoms with Gasteiger partial charge >= 0.3 is 0 Å². The van der Waals surface area contributed by atoms with E-state index < -0.39 is 4.92 Å². The molecule has 2 aromatic heterocycles. The van der Waals surface area contributed by atoms with Gasteiger partial charge in [0.15, 0.2) is 5.11 Å². The molecule has 2 unspecified atom stereocenters. The minimum absolute atomic E-state index is 0.0114. The first kappa shape index (κ1) is 24.7. The standard InChI is InChI=1S/C27H24ClN5O3S/c1-16-14-21(17(2)31(16)23-15-20(33(34)35)11-12-24(23)36-3)26-25(22-6-4-5-13-29-22)30-27(37)32(26)19-9-7-18(28)8-10-19/h4-15,25-26H,1-3H3,(H,30,37). The topological polar surface area (TPSA) is 85.5 Å². The number of halogens is 1. The summed E-state index contributed by atoms with van der Waals surface area (Å²) in [5, 5.41) is 16.2. The Morgan fingerprint density at radius 2 is 1.86 bits per heavy atom. The summed E-state index contributed by atoms with van der Waals surface area (Å²) in [6.07, 6.45) is 1.76. The Kier molecular flexibility index (Phi) is 6.57. The molecule has 1 aliphatic rings. The van der Waals surface area contributed by atoms with Crippen LogP contribution in [0.15, 0.2) is 72.9 Å². The fourth-order valence-electron chi connectivity index (χ4n) is 4.98. The summed E-state index contributed by atoms with van der Waals surface area (Å²) in [6, 6.07) is 19.6. The van der Waals surface area contributed by atoms with Crippen molar-refractivity contribution in [3.63, 3.8) is 0 Å². The van der Waals surface area contributed by atoms with Gasteiger partial charge in [0, 0.05) is 40.4 Å². The summed E-state index contributed by atoms with van der Waals surface area (Å²) in [5.74, 6) is 0.537. The van der Waals surface area contributed by atoms with Crippen LogP contribution in [0.4, 0.5) is 11.4 Å². The number of nitro benzene ring substituents is 1. The zero-order valence-electron chi connectivity index (χ0n) is 20.4. The molecule has 0 aliphatic carbocycles. The van der Waals surface area contributed by atoms with E-state index in [1.807, 2.05) is 60.9 Å². The number of benzene rings is 2. The lowest BCUT2D eigenvalue weighted by atomic mass is 9.96. The van der Waals surface area contributed by atoms with Crippen LogP contribution in [0, 0.1) is 24.0 Å². The third-order valence-electron chi connectivity index (χ3n) is 6.61. The summed E-state index contributed by atoms with van der Waals surface area (Å²) in [7, 11) is 1.55. The highest BCUT2D eigenvalue weighted by atomic mass is 35.5. The van der Waals surface area contributed by atoms with E-state index in [-0.39, 0.29) is 17.8 Å². The Hall–Kier alpha value is -3.95. The molecule has 0 saturated carbocycles. The number of hydrogen-bond donors (Lipinski definition) is 1. The average molecular weight is 534 g/mol. The molecule has 37 heavy (non-hydrogen) atoms. The number of aryl methyl sites for hydroxylation is 1. The van der Waals surface area contributed by atoms with Crippen LogP contribution in [-0.4, -0.2) is 26.7 Å². The van der Waals surface area contributed by atoms with Crippen LogP contribution in [0.2, 0.25) is 5.02 Å². The van der Waals surface area contributed by atoms with Crippen LogP contribution in [0.1, 0.15) is 34.7 Å². The number of ether oxygens (including phenoxy) is 1. The predicted molar refractivity (Wildman–Crippen MR) is 148 cm³/mol. The number of thiocarbonyl (C=S) groups is 1. The van der Waals surface area contributed by atoms with Crippen LogP contribution in [0.5, 0.6) is 5.75 Å². The Morgan fingerprint density at radius 1 is 1.11 bits per heavy atom.